The first-order chi connectivity index (χ1) is 13.0. The van der Waals surface area contributed by atoms with Gasteiger partial charge in [0.1, 0.15) is 11.7 Å². The van der Waals surface area contributed by atoms with Crippen molar-refractivity contribution in [1.82, 2.24) is 9.97 Å². The number of thioether (sulfide) groups is 1. The number of hydrogen-bond donors (Lipinski definition) is 0. The third-order valence-electron chi connectivity index (χ3n) is 4.90. The summed E-state index contributed by atoms with van der Waals surface area (Å²) in [4.78, 5) is 8.74. The highest BCUT2D eigenvalue weighted by molar-refractivity contribution is 7.99. The van der Waals surface area contributed by atoms with Crippen molar-refractivity contribution in [3.8, 4) is 17.1 Å². The molecule has 0 bridgehead atoms. The quantitative estimate of drug-likeness (QED) is 0.352. The van der Waals surface area contributed by atoms with E-state index in [0.29, 0.717) is 16.8 Å². The lowest BCUT2D eigenvalue weighted by Gasteiger charge is -2.35. The molecular weight excluding hydrogens is 364 g/mol. The standard InChI is InChI=1S/C24H36N2OS/c1-18-15-25-22(26-16-18)19-8-10-21(11-9-19)27-17-28-13-12-20(24(5,6)7)14-23(2,3)4/h8-11,15-16,20H,12-14,17H2,1-7H3. The van der Waals surface area contributed by atoms with Gasteiger partial charge in [-0.25, -0.2) is 9.97 Å². The van der Waals surface area contributed by atoms with Crippen LogP contribution in [0.4, 0.5) is 0 Å². The molecular formula is C24H36N2OS. The zero-order valence-electron chi connectivity index (χ0n) is 18.6. The number of aryl methyl sites for hydroxylation is 1. The topological polar surface area (TPSA) is 35.0 Å². The molecule has 0 N–H and O–H groups in total. The highest BCUT2D eigenvalue weighted by Crippen LogP contribution is 2.38. The predicted octanol–water partition coefficient (Wildman–Crippen LogP) is 7.01. The molecule has 0 amide bonds. The normalized spacial score (nSPS) is 13.4. The second kappa shape index (κ2) is 9.78. The number of hydrogen-bond acceptors (Lipinski definition) is 4. The highest BCUT2D eigenvalue weighted by Gasteiger charge is 2.28. The van der Waals surface area contributed by atoms with Crippen LogP contribution in [0.3, 0.4) is 0 Å². The van der Waals surface area contributed by atoms with Crippen LogP contribution in [0.15, 0.2) is 36.7 Å². The van der Waals surface area contributed by atoms with Crippen LogP contribution in [0.5, 0.6) is 5.75 Å². The van der Waals surface area contributed by atoms with E-state index in [1.807, 2.05) is 55.3 Å². The van der Waals surface area contributed by atoms with Gasteiger partial charge in [-0.1, -0.05) is 41.5 Å². The van der Waals surface area contributed by atoms with Crippen molar-refractivity contribution in [1.29, 1.82) is 0 Å². The van der Waals surface area contributed by atoms with Crippen molar-refractivity contribution in [3.05, 3.63) is 42.2 Å². The molecule has 1 aromatic heterocycles. The van der Waals surface area contributed by atoms with Crippen LogP contribution in [-0.4, -0.2) is 21.7 Å². The molecule has 4 heteroatoms. The lowest BCUT2D eigenvalue weighted by atomic mass is 9.71. The number of benzene rings is 1. The summed E-state index contributed by atoms with van der Waals surface area (Å²) in [6, 6.07) is 8.03. The molecule has 1 aromatic carbocycles. The summed E-state index contributed by atoms with van der Waals surface area (Å²) in [5, 5.41) is 0. The van der Waals surface area contributed by atoms with Crippen molar-refractivity contribution >= 4 is 11.8 Å². The molecule has 0 aliphatic carbocycles. The van der Waals surface area contributed by atoms with Gasteiger partial charge in [-0.2, -0.15) is 0 Å². The first-order valence-corrected chi connectivity index (χ1v) is 11.3. The average molecular weight is 401 g/mol. The van der Waals surface area contributed by atoms with Gasteiger partial charge in [0.05, 0.1) is 0 Å². The minimum Gasteiger partial charge on any atom is -0.483 e. The molecule has 0 saturated carbocycles. The lowest BCUT2D eigenvalue weighted by molar-refractivity contribution is 0.161. The zero-order chi connectivity index (χ0) is 20.8. The lowest BCUT2D eigenvalue weighted by Crippen LogP contribution is -2.26. The van der Waals surface area contributed by atoms with E-state index < -0.39 is 0 Å². The first kappa shape index (κ1) is 22.7. The fourth-order valence-electron chi connectivity index (χ4n) is 3.22. The van der Waals surface area contributed by atoms with Gasteiger partial charge in [0, 0.05) is 18.0 Å². The van der Waals surface area contributed by atoms with Crippen molar-refractivity contribution in [3.63, 3.8) is 0 Å². The minimum atomic E-state index is 0.350. The fourth-order valence-corrected chi connectivity index (χ4v) is 4.01. The van der Waals surface area contributed by atoms with E-state index in [1.54, 1.807) is 0 Å². The van der Waals surface area contributed by atoms with Gasteiger partial charge >= 0.3 is 0 Å². The summed E-state index contributed by atoms with van der Waals surface area (Å²) in [7, 11) is 0. The Labute approximate surface area is 175 Å². The van der Waals surface area contributed by atoms with Gasteiger partial charge in [0.2, 0.25) is 0 Å². The van der Waals surface area contributed by atoms with Gasteiger partial charge in [-0.05, 0) is 72.1 Å². The monoisotopic (exact) mass is 400 g/mol. The van der Waals surface area contributed by atoms with Crippen molar-refractivity contribution in [2.24, 2.45) is 16.7 Å². The van der Waals surface area contributed by atoms with Gasteiger partial charge in [-0.3, -0.25) is 0 Å². The molecule has 0 aliphatic rings. The Morgan fingerprint density at radius 3 is 2.11 bits per heavy atom. The summed E-state index contributed by atoms with van der Waals surface area (Å²) < 4.78 is 5.91. The van der Waals surface area contributed by atoms with Gasteiger partial charge < -0.3 is 4.74 Å². The Bertz CT molecular complexity index is 712. The van der Waals surface area contributed by atoms with E-state index in [0.717, 1.165) is 34.4 Å². The first-order valence-electron chi connectivity index (χ1n) is 10.1. The van der Waals surface area contributed by atoms with Crippen molar-refractivity contribution in [2.45, 2.75) is 61.3 Å². The van der Waals surface area contributed by atoms with E-state index in [4.69, 9.17) is 4.74 Å². The number of nitrogens with zero attached hydrogens (tertiary/aromatic N) is 2. The molecule has 28 heavy (non-hydrogen) atoms. The molecule has 0 spiro atoms. The van der Waals surface area contributed by atoms with E-state index in [-0.39, 0.29) is 0 Å². The van der Waals surface area contributed by atoms with Crippen LogP contribution in [0.25, 0.3) is 11.4 Å². The zero-order valence-corrected chi connectivity index (χ0v) is 19.4. The van der Waals surface area contributed by atoms with Gasteiger partial charge in [-0.15, -0.1) is 11.8 Å². The molecule has 2 rings (SSSR count). The van der Waals surface area contributed by atoms with Crippen molar-refractivity contribution < 1.29 is 4.74 Å². The molecule has 154 valence electrons. The maximum Gasteiger partial charge on any atom is 0.159 e. The molecule has 0 aliphatic heterocycles. The van der Waals surface area contributed by atoms with E-state index >= 15 is 0 Å². The molecule has 2 aromatic rings. The summed E-state index contributed by atoms with van der Waals surface area (Å²) in [5.41, 5.74) is 2.80. The SMILES string of the molecule is Cc1cnc(-c2ccc(OCSCCC(CC(C)(C)C)C(C)(C)C)cc2)nc1. The molecule has 1 heterocycles. The molecule has 1 unspecified atom stereocenters. The maximum atomic E-state index is 5.91. The van der Waals surface area contributed by atoms with E-state index in [2.05, 4.69) is 51.5 Å². The summed E-state index contributed by atoms with van der Waals surface area (Å²) in [6.45, 7) is 16.1. The third kappa shape index (κ3) is 7.83. The second-order valence-electron chi connectivity index (χ2n) is 9.90. The van der Waals surface area contributed by atoms with Crippen LogP contribution in [0, 0.1) is 23.7 Å². The molecule has 1 atom stereocenters. The molecule has 0 fully saturated rings. The smallest absolute Gasteiger partial charge is 0.159 e. The van der Waals surface area contributed by atoms with Crippen LogP contribution in [-0.2, 0) is 0 Å². The Hall–Kier alpha value is -1.55. The highest BCUT2D eigenvalue weighted by atomic mass is 32.2. The molecule has 0 radical (unpaired) electrons. The number of aromatic nitrogens is 2. The Morgan fingerprint density at radius 1 is 0.964 bits per heavy atom. The van der Waals surface area contributed by atoms with Crippen LogP contribution in [0.2, 0.25) is 0 Å². The predicted molar refractivity (Wildman–Crippen MR) is 122 cm³/mol. The molecule has 3 nitrogen and oxygen atoms in total. The Morgan fingerprint density at radius 2 is 1.57 bits per heavy atom. The maximum absolute atomic E-state index is 5.91. The summed E-state index contributed by atoms with van der Waals surface area (Å²) in [6.07, 6.45) is 6.18. The van der Waals surface area contributed by atoms with Gasteiger partial charge in [0.25, 0.3) is 0 Å². The van der Waals surface area contributed by atoms with Crippen LogP contribution in [0.1, 0.15) is 59.9 Å². The van der Waals surface area contributed by atoms with E-state index in [1.165, 1.54) is 12.8 Å². The number of ether oxygens (including phenoxy) is 1. The third-order valence-corrected chi connectivity index (χ3v) is 5.71. The second-order valence-corrected chi connectivity index (χ2v) is 10.9. The van der Waals surface area contributed by atoms with Crippen LogP contribution >= 0.6 is 11.8 Å². The summed E-state index contributed by atoms with van der Waals surface area (Å²) in [5.74, 6) is 4.19. The van der Waals surface area contributed by atoms with Crippen LogP contribution < -0.4 is 4.74 Å². The Kier molecular flexibility index (Phi) is 7.94. The largest absolute Gasteiger partial charge is 0.483 e. The summed E-state index contributed by atoms with van der Waals surface area (Å²) >= 11 is 1.87. The average Bonchev–Trinajstić information content (AvgIpc) is 2.60. The number of rotatable bonds is 8. The Balaban J connectivity index is 1.77. The fraction of sp³-hybridized carbons (Fsp3) is 0.583. The van der Waals surface area contributed by atoms with E-state index in [9.17, 15) is 0 Å². The van der Waals surface area contributed by atoms with Crippen molar-refractivity contribution in [2.75, 3.05) is 11.7 Å². The minimum absolute atomic E-state index is 0.350. The van der Waals surface area contributed by atoms with Gasteiger partial charge in [0.15, 0.2) is 5.82 Å². The molecule has 0 saturated heterocycles.